The van der Waals surface area contributed by atoms with Crippen molar-refractivity contribution in [2.45, 2.75) is 55.4 Å². The highest BCUT2D eigenvalue weighted by atomic mass is 32.1. The summed E-state index contributed by atoms with van der Waals surface area (Å²) < 4.78 is 1.37. The second-order valence-corrected chi connectivity index (χ2v) is 2.91. The fraction of sp³-hybridized carbons (Fsp3) is 0.500. The van der Waals surface area contributed by atoms with Crippen molar-refractivity contribution in [2.24, 2.45) is 0 Å². The Morgan fingerprint density at radius 3 is 1.59 bits per heavy atom. The van der Waals surface area contributed by atoms with Crippen LogP contribution in [0.25, 0.3) is 10.1 Å². The summed E-state index contributed by atoms with van der Waals surface area (Å²) in [6.45, 7) is 16.0. The molecule has 0 spiro atoms. The van der Waals surface area contributed by atoms with Crippen LogP contribution < -0.4 is 0 Å². The molecule has 100 valence electrons. The average molecular weight is 254 g/mol. The Labute approximate surface area is 113 Å². The molecular weight excluding hydrogens is 224 g/mol. The quantitative estimate of drug-likeness (QED) is 0.474. The molecule has 0 radical (unpaired) electrons. The van der Waals surface area contributed by atoms with E-state index in [2.05, 4.69) is 35.7 Å². The van der Waals surface area contributed by atoms with Gasteiger partial charge in [0.2, 0.25) is 0 Å². The summed E-state index contributed by atoms with van der Waals surface area (Å²) in [7, 11) is 0. The number of benzene rings is 1. The van der Waals surface area contributed by atoms with Crippen molar-refractivity contribution in [2.75, 3.05) is 0 Å². The van der Waals surface area contributed by atoms with E-state index in [4.69, 9.17) is 0 Å². The van der Waals surface area contributed by atoms with E-state index in [-0.39, 0.29) is 0 Å². The van der Waals surface area contributed by atoms with E-state index in [0.29, 0.717) is 0 Å². The first-order valence-electron chi connectivity index (χ1n) is 6.89. The molecular formula is C16H30S. The maximum absolute atomic E-state index is 2.14. The monoisotopic (exact) mass is 254 g/mol. The van der Waals surface area contributed by atoms with Crippen molar-refractivity contribution in [1.82, 2.24) is 0 Å². The number of thiophene rings is 1. The summed E-state index contributed by atoms with van der Waals surface area (Å²) in [5.41, 5.74) is 0. The smallest absolute Gasteiger partial charge is 0.0342 e. The molecule has 0 amide bonds. The minimum Gasteiger partial charge on any atom is -0.144 e. The van der Waals surface area contributed by atoms with E-state index < -0.39 is 0 Å². The third-order valence-electron chi connectivity index (χ3n) is 1.36. The lowest BCUT2D eigenvalue weighted by molar-refractivity contribution is 1.50. The van der Waals surface area contributed by atoms with E-state index in [1.54, 1.807) is 11.3 Å². The third-order valence-corrected chi connectivity index (χ3v) is 2.26. The molecule has 0 saturated carbocycles. The van der Waals surface area contributed by atoms with Gasteiger partial charge < -0.3 is 0 Å². The Balaban J connectivity index is -0.000000212. The fourth-order valence-corrected chi connectivity index (χ4v) is 1.70. The van der Waals surface area contributed by atoms with E-state index in [9.17, 15) is 0 Å². The van der Waals surface area contributed by atoms with Crippen molar-refractivity contribution < 1.29 is 0 Å². The van der Waals surface area contributed by atoms with Crippen LogP contribution in [0.4, 0.5) is 0 Å². The predicted octanol–water partition coefficient (Wildman–Crippen LogP) is 7.01. The maximum atomic E-state index is 2.14. The molecule has 0 unspecified atom stereocenters. The second-order valence-electron chi connectivity index (χ2n) is 1.96. The van der Waals surface area contributed by atoms with Crippen LogP contribution in [0.1, 0.15) is 55.4 Å². The summed E-state index contributed by atoms with van der Waals surface area (Å²) in [5, 5.41) is 3.47. The molecule has 0 atom stereocenters. The molecule has 1 heteroatoms. The van der Waals surface area contributed by atoms with E-state index >= 15 is 0 Å². The van der Waals surface area contributed by atoms with Gasteiger partial charge in [0.25, 0.3) is 0 Å². The summed E-state index contributed by atoms with van der Waals surface area (Å²) in [5.74, 6) is 0. The van der Waals surface area contributed by atoms with Gasteiger partial charge in [-0.2, -0.15) is 0 Å². The SMILES string of the molecule is CC.CC.CC.CC.c1ccc2sccc2c1. The van der Waals surface area contributed by atoms with Crippen LogP contribution in [0.5, 0.6) is 0 Å². The zero-order valence-corrected chi connectivity index (χ0v) is 13.7. The summed E-state index contributed by atoms with van der Waals surface area (Å²) in [6.07, 6.45) is 0. The third kappa shape index (κ3) is 10.1. The van der Waals surface area contributed by atoms with Crippen LogP contribution in [-0.4, -0.2) is 0 Å². The number of rotatable bonds is 0. The molecule has 17 heavy (non-hydrogen) atoms. The van der Waals surface area contributed by atoms with Gasteiger partial charge in [-0.1, -0.05) is 73.6 Å². The molecule has 1 aromatic carbocycles. The second kappa shape index (κ2) is 20.6. The van der Waals surface area contributed by atoms with Crippen LogP contribution in [-0.2, 0) is 0 Å². The van der Waals surface area contributed by atoms with Crippen LogP contribution >= 0.6 is 11.3 Å². The maximum Gasteiger partial charge on any atom is 0.0342 e. The first-order chi connectivity index (χ1) is 8.47. The Kier molecular flexibility index (Phi) is 26.0. The summed E-state index contributed by atoms with van der Waals surface area (Å²) in [6, 6.07) is 10.5. The lowest BCUT2D eigenvalue weighted by atomic mass is 10.3. The highest BCUT2D eigenvalue weighted by Crippen LogP contribution is 2.18. The van der Waals surface area contributed by atoms with Gasteiger partial charge in [0.15, 0.2) is 0 Å². The lowest BCUT2D eigenvalue weighted by Crippen LogP contribution is -1.56. The Morgan fingerprint density at radius 2 is 1.12 bits per heavy atom. The van der Waals surface area contributed by atoms with Gasteiger partial charge in [-0.15, -0.1) is 11.3 Å². The molecule has 0 nitrogen and oxygen atoms in total. The van der Waals surface area contributed by atoms with Gasteiger partial charge in [0.05, 0.1) is 0 Å². The normalized spacial score (nSPS) is 6.82. The van der Waals surface area contributed by atoms with Crippen LogP contribution in [0.15, 0.2) is 35.7 Å². The molecule has 0 fully saturated rings. The number of hydrogen-bond acceptors (Lipinski definition) is 1. The molecule has 0 N–H and O–H groups in total. The molecule has 0 aliphatic heterocycles. The van der Waals surface area contributed by atoms with Gasteiger partial charge in [0, 0.05) is 4.70 Å². The largest absolute Gasteiger partial charge is 0.144 e. The van der Waals surface area contributed by atoms with E-state index in [0.717, 1.165) is 0 Å². The molecule has 0 aliphatic rings. The summed E-state index contributed by atoms with van der Waals surface area (Å²) >= 11 is 1.79. The van der Waals surface area contributed by atoms with Gasteiger partial charge >= 0.3 is 0 Å². The lowest BCUT2D eigenvalue weighted by Gasteiger charge is -1.82. The van der Waals surface area contributed by atoms with Crippen molar-refractivity contribution in [3.63, 3.8) is 0 Å². The standard InChI is InChI=1S/C8H6S.4C2H6/c1-2-4-8-7(3-1)5-6-9-8;4*1-2/h1-6H;4*1-2H3. The molecule has 0 bridgehead atoms. The first kappa shape index (κ1) is 21.5. The highest BCUT2D eigenvalue weighted by molar-refractivity contribution is 7.17. The van der Waals surface area contributed by atoms with Crippen molar-refractivity contribution in [1.29, 1.82) is 0 Å². The molecule has 2 aromatic rings. The average Bonchev–Trinajstić information content (AvgIpc) is 2.96. The Hall–Kier alpha value is -0.820. The van der Waals surface area contributed by atoms with Crippen molar-refractivity contribution in [3.05, 3.63) is 35.7 Å². The van der Waals surface area contributed by atoms with E-state index in [1.807, 2.05) is 55.4 Å². The number of fused-ring (bicyclic) bond motifs is 1. The van der Waals surface area contributed by atoms with Crippen LogP contribution in [0.3, 0.4) is 0 Å². The van der Waals surface area contributed by atoms with Gasteiger partial charge in [0.1, 0.15) is 0 Å². The van der Waals surface area contributed by atoms with Gasteiger partial charge in [-0.3, -0.25) is 0 Å². The molecule has 0 aliphatic carbocycles. The molecule has 1 heterocycles. The van der Waals surface area contributed by atoms with Gasteiger partial charge in [-0.05, 0) is 22.9 Å². The highest BCUT2D eigenvalue weighted by Gasteiger charge is 1.87. The molecule has 0 saturated heterocycles. The Bertz CT molecular complexity index is 280. The fourth-order valence-electron chi connectivity index (χ4n) is 0.906. The Morgan fingerprint density at radius 1 is 0.647 bits per heavy atom. The topological polar surface area (TPSA) is 0 Å². The predicted molar refractivity (Wildman–Crippen MR) is 87.2 cm³/mol. The molecule has 1 aromatic heterocycles. The summed E-state index contributed by atoms with van der Waals surface area (Å²) in [4.78, 5) is 0. The van der Waals surface area contributed by atoms with Crippen molar-refractivity contribution in [3.8, 4) is 0 Å². The zero-order valence-electron chi connectivity index (χ0n) is 12.9. The minimum atomic E-state index is 1.35. The first-order valence-corrected chi connectivity index (χ1v) is 7.77. The van der Waals surface area contributed by atoms with Crippen LogP contribution in [0.2, 0.25) is 0 Å². The number of hydrogen-bond donors (Lipinski definition) is 0. The molecule has 2 rings (SSSR count). The minimum absolute atomic E-state index is 1.35. The van der Waals surface area contributed by atoms with Crippen molar-refractivity contribution >= 4 is 21.4 Å². The van der Waals surface area contributed by atoms with Crippen LogP contribution in [0, 0.1) is 0 Å². The van der Waals surface area contributed by atoms with Gasteiger partial charge in [-0.25, -0.2) is 0 Å². The van der Waals surface area contributed by atoms with E-state index in [1.165, 1.54) is 10.1 Å². The zero-order chi connectivity index (χ0) is 14.1.